The summed E-state index contributed by atoms with van der Waals surface area (Å²) in [5.74, 6) is 4.38. The Labute approximate surface area is 194 Å². The van der Waals surface area contributed by atoms with Crippen LogP contribution in [0.3, 0.4) is 0 Å². The minimum atomic E-state index is -1.01. The number of ether oxygens (including phenoxy) is 1. The highest BCUT2D eigenvalue weighted by atomic mass is 35.5. The SMILES string of the molecule is O=C(NCCC#Cc1cc(F)c([N+](=O)[O-])cc1Cl)OCC1c2ccccc2-c2ccccc21. The standard InChI is InChI=1S/C25H18ClFN2O4/c26-22-14-24(29(31)32)23(27)13-16(22)7-5-6-12-28-25(30)33-15-21-19-10-3-1-8-17(19)18-9-2-4-11-20(18)21/h1-4,8-11,13-14,21H,6,12,15H2,(H,28,30). The van der Waals surface area contributed by atoms with Crippen LogP contribution in [0, 0.1) is 27.8 Å². The van der Waals surface area contributed by atoms with Crippen molar-refractivity contribution in [3.63, 3.8) is 0 Å². The number of amides is 1. The van der Waals surface area contributed by atoms with Gasteiger partial charge in [-0.15, -0.1) is 0 Å². The van der Waals surface area contributed by atoms with Crippen molar-refractivity contribution in [2.45, 2.75) is 12.3 Å². The molecule has 1 N–H and O–H groups in total. The first kappa shape index (κ1) is 22.3. The Morgan fingerprint density at radius 2 is 1.76 bits per heavy atom. The Bertz CT molecular complexity index is 1250. The molecule has 0 aromatic heterocycles. The van der Waals surface area contributed by atoms with Crippen molar-refractivity contribution in [2.75, 3.05) is 13.2 Å². The van der Waals surface area contributed by atoms with E-state index in [1.807, 2.05) is 36.4 Å². The first-order chi connectivity index (χ1) is 16.0. The minimum absolute atomic E-state index is 0.0138. The summed E-state index contributed by atoms with van der Waals surface area (Å²) in [5.41, 5.74) is 4.00. The zero-order valence-corrected chi connectivity index (χ0v) is 18.1. The average molecular weight is 465 g/mol. The Morgan fingerprint density at radius 3 is 2.39 bits per heavy atom. The van der Waals surface area contributed by atoms with Crippen molar-refractivity contribution in [1.82, 2.24) is 5.32 Å². The van der Waals surface area contributed by atoms with E-state index in [2.05, 4.69) is 29.3 Å². The molecule has 0 unspecified atom stereocenters. The molecule has 4 rings (SSSR count). The summed E-state index contributed by atoms with van der Waals surface area (Å²) in [4.78, 5) is 22.0. The molecule has 0 spiro atoms. The van der Waals surface area contributed by atoms with E-state index in [0.29, 0.717) is 0 Å². The summed E-state index contributed by atoms with van der Waals surface area (Å²) >= 11 is 5.92. The number of alkyl carbamates (subject to hydrolysis) is 1. The second-order valence-corrected chi connectivity index (χ2v) is 7.75. The summed E-state index contributed by atoms with van der Waals surface area (Å²) in [5, 5.41) is 13.3. The maximum atomic E-state index is 13.7. The zero-order valence-electron chi connectivity index (χ0n) is 17.3. The quantitative estimate of drug-likeness (QED) is 0.228. The second kappa shape index (κ2) is 9.72. The molecule has 6 nitrogen and oxygen atoms in total. The van der Waals surface area contributed by atoms with Gasteiger partial charge in [0.15, 0.2) is 0 Å². The van der Waals surface area contributed by atoms with E-state index in [1.54, 1.807) is 0 Å². The number of nitro groups is 1. The van der Waals surface area contributed by atoms with Gasteiger partial charge in [-0.1, -0.05) is 72.0 Å². The summed E-state index contributed by atoms with van der Waals surface area (Å²) in [7, 11) is 0. The van der Waals surface area contributed by atoms with Gasteiger partial charge < -0.3 is 10.1 Å². The molecule has 0 saturated heterocycles. The molecule has 0 radical (unpaired) electrons. The minimum Gasteiger partial charge on any atom is -0.449 e. The van der Waals surface area contributed by atoms with Crippen LogP contribution < -0.4 is 5.32 Å². The number of halogens is 2. The van der Waals surface area contributed by atoms with Gasteiger partial charge in [-0.25, -0.2) is 4.79 Å². The number of carbonyl (C=O) groups excluding carboxylic acids is 1. The Hall–Kier alpha value is -3.89. The fourth-order valence-corrected chi connectivity index (χ4v) is 4.01. The van der Waals surface area contributed by atoms with Gasteiger partial charge in [0.25, 0.3) is 0 Å². The van der Waals surface area contributed by atoms with E-state index in [9.17, 15) is 19.3 Å². The number of rotatable bonds is 5. The van der Waals surface area contributed by atoms with Crippen molar-refractivity contribution in [2.24, 2.45) is 0 Å². The first-order valence-corrected chi connectivity index (χ1v) is 10.5. The van der Waals surface area contributed by atoms with E-state index in [0.717, 1.165) is 34.4 Å². The average Bonchev–Trinajstić information content (AvgIpc) is 3.13. The maximum absolute atomic E-state index is 13.7. The van der Waals surface area contributed by atoms with Crippen molar-refractivity contribution in [3.05, 3.63) is 98.3 Å². The third-order valence-electron chi connectivity index (χ3n) is 5.32. The van der Waals surface area contributed by atoms with E-state index < -0.39 is 22.5 Å². The van der Waals surface area contributed by atoms with E-state index in [-0.39, 0.29) is 36.1 Å². The molecule has 0 fully saturated rings. The van der Waals surface area contributed by atoms with Crippen molar-refractivity contribution >= 4 is 23.4 Å². The van der Waals surface area contributed by atoms with Crippen molar-refractivity contribution in [3.8, 4) is 23.0 Å². The van der Waals surface area contributed by atoms with Gasteiger partial charge in [0.05, 0.1) is 9.95 Å². The molecule has 0 atom stereocenters. The van der Waals surface area contributed by atoms with E-state index in [1.165, 1.54) is 0 Å². The van der Waals surface area contributed by atoms with Crippen LogP contribution in [0.15, 0.2) is 60.7 Å². The number of nitrogens with zero attached hydrogens (tertiary/aromatic N) is 1. The van der Waals surface area contributed by atoms with Crippen LogP contribution in [0.4, 0.5) is 14.9 Å². The number of hydrogen-bond donors (Lipinski definition) is 1. The zero-order chi connectivity index (χ0) is 23.4. The van der Waals surface area contributed by atoms with Gasteiger partial charge >= 0.3 is 11.8 Å². The third-order valence-corrected chi connectivity index (χ3v) is 5.63. The smallest absolute Gasteiger partial charge is 0.407 e. The summed E-state index contributed by atoms with van der Waals surface area (Å²) in [6.07, 6.45) is -0.294. The molecule has 166 valence electrons. The summed E-state index contributed by atoms with van der Waals surface area (Å²) in [6.45, 7) is 0.431. The van der Waals surface area contributed by atoms with Gasteiger partial charge in [0, 0.05) is 30.5 Å². The Kier molecular flexibility index (Phi) is 6.57. The summed E-state index contributed by atoms with van der Waals surface area (Å²) < 4.78 is 19.2. The molecule has 0 heterocycles. The number of carbonyl (C=O) groups is 1. The molecule has 0 saturated carbocycles. The lowest BCUT2D eigenvalue weighted by Crippen LogP contribution is -2.26. The third kappa shape index (κ3) is 4.81. The normalized spacial score (nSPS) is 11.7. The monoisotopic (exact) mass is 464 g/mol. The fourth-order valence-electron chi connectivity index (χ4n) is 3.81. The molecule has 8 heteroatoms. The Balaban J connectivity index is 1.30. The topological polar surface area (TPSA) is 81.5 Å². The van der Waals surface area contributed by atoms with E-state index in [4.69, 9.17) is 16.3 Å². The van der Waals surface area contributed by atoms with Crippen LogP contribution in [0.25, 0.3) is 11.1 Å². The predicted octanol–water partition coefficient (Wildman–Crippen LogP) is 5.67. The number of hydrogen-bond acceptors (Lipinski definition) is 4. The fraction of sp³-hybridized carbons (Fsp3) is 0.160. The van der Waals surface area contributed by atoms with E-state index >= 15 is 0 Å². The van der Waals surface area contributed by atoms with Gasteiger partial charge in [0.2, 0.25) is 5.82 Å². The van der Waals surface area contributed by atoms with Crippen LogP contribution >= 0.6 is 11.6 Å². The van der Waals surface area contributed by atoms with Gasteiger partial charge in [0.1, 0.15) is 6.61 Å². The second-order valence-electron chi connectivity index (χ2n) is 7.34. The highest BCUT2D eigenvalue weighted by Crippen LogP contribution is 2.44. The maximum Gasteiger partial charge on any atom is 0.407 e. The lowest BCUT2D eigenvalue weighted by atomic mass is 9.98. The summed E-state index contributed by atoms with van der Waals surface area (Å²) in [6, 6.07) is 18.0. The molecule has 3 aromatic rings. The van der Waals surface area contributed by atoms with Gasteiger partial charge in [-0.3, -0.25) is 10.1 Å². The highest BCUT2D eigenvalue weighted by Gasteiger charge is 2.28. The first-order valence-electron chi connectivity index (χ1n) is 10.2. The number of nitrogens with one attached hydrogen (secondary N) is 1. The van der Waals surface area contributed by atoms with Gasteiger partial charge in [-0.05, 0) is 28.3 Å². The van der Waals surface area contributed by atoms with Crippen molar-refractivity contribution in [1.29, 1.82) is 0 Å². The van der Waals surface area contributed by atoms with Gasteiger partial charge in [-0.2, -0.15) is 4.39 Å². The van der Waals surface area contributed by atoms with Crippen LogP contribution in [-0.2, 0) is 4.74 Å². The molecular weight excluding hydrogens is 447 g/mol. The predicted molar refractivity (Wildman–Crippen MR) is 123 cm³/mol. The van der Waals surface area contributed by atoms with Crippen LogP contribution in [0.2, 0.25) is 5.02 Å². The van der Waals surface area contributed by atoms with Crippen LogP contribution in [-0.4, -0.2) is 24.2 Å². The van der Waals surface area contributed by atoms with Crippen LogP contribution in [0.1, 0.15) is 29.0 Å². The molecule has 1 amide bonds. The molecular formula is C25H18ClFN2O4. The largest absolute Gasteiger partial charge is 0.449 e. The van der Waals surface area contributed by atoms with Crippen molar-refractivity contribution < 1.29 is 18.8 Å². The number of nitro benzene ring substituents is 1. The number of benzene rings is 3. The Morgan fingerprint density at radius 1 is 1.12 bits per heavy atom. The number of fused-ring (bicyclic) bond motifs is 3. The molecule has 3 aromatic carbocycles. The lowest BCUT2D eigenvalue weighted by Gasteiger charge is -2.14. The highest BCUT2D eigenvalue weighted by molar-refractivity contribution is 6.32. The molecule has 0 bridgehead atoms. The molecule has 1 aliphatic rings. The molecule has 1 aliphatic carbocycles. The lowest BCUT2D eigenvalue weighted by molar-refractivity contribution is -0.387. The van der Waals surface area contributed by atoms with Crippen LogP contribution in [0.5, 0.6) is 0 Å². The molecule has 0 aliphatic heterocycles. The molecule has 33 heavy (non-hydrogen) atoms.